The molecule has 1 aliphatic heterocycles. The summed E-state index contributed by atoms with van der Waals surface area (Å²) in [6, 6.07) is 6.08. The van der Waals surface area contributed by atoms with Crippen LogP contribution in [-0.4, -0.2) is 46.9 Å². The summed E-state index contributed by atoms with van der Waals surface area (Å²) in [6.45, 7) is 8.76. The van der Waals surface area contributed by atoms with Crippen LogP contribution in [-0.2, 0) is 19.1 Å². The van der Waals surface area contributed by atoms with Crippen molar-refractivity contribution in [3.05, 3.63) is 34.3 Å². The van der Waals surface area contributed by atoms with Crippen LogP contribution in [0.15, 0.2) is 28.7 Å². The Morgan fingerprint density at radius 2 is 1.83 bits per heavy atom. The van der Waals surface area contributed by atoms with E-state index >= 15 is 0 Å². The van der Waals surface area contributed by atoms with Crippen LogP contribution in [0.3, 0.4) is 0 Å². The minimum atomic E-state index is -1.52. The third kappa shape index (κ3) is 5.72. The lowest BCUT2D eigenvalue weighted by Gasteiger charge is -2.35. The highest BCUT2D eigenvalue weighted by Crippen LogP contribution is 2.39. The quantitative estimate of drug-likeness (QED) is 0.569. The summed E-state index contributed by atoms with van der Waals surface area (Å²) in [6.07, 6.45) is -1.41. The fraction of sp³-hybridized carbons (Fsp3) is 0.571. The summed E-state index contributed by atoms with van der Waals surface area (Å²) in [4.78, 5) is 37.7. The molecule has 30 heavy (non-hydrogen) atoms. The van der Waals surface area contributed by atoms with Crippen LogP contribution >= 0.6 is 15.9 Å². The Morgan fingerprint density at radius 1 is 1.23 bits per heavy atom. The third-order valence-electron chi connectivity index (χ3n) is 4.75. The van der Waals surface area contributed by atoms with Gasteiger partial charge in [0.25, 0.3) is 0 Å². The van der Waals surface area contributed by atoms with Crippen LogP contribution < -0.4 is 10.6 Å². The fourth-order valence-corrected chi connectivity index (χ4v) is 3.58. The summed E-state index contributed by atoms with van der Waals surface area (Å²) in [7, 11) is 0. The molecule has 0 saturated carbocycles. The van der Waals surface area contributed by atoms with E-state index in [2.05, 4.69) is 26.6 Å². The van der Waals surface area contributed by atoms with Crippen molar-refractivity contribution >= 4 is 33.9 Å². The molecular weight excluding hydrogens is 456 g/mol. The standard InChI is InChI=1S/C21H29BrN2O6/c1-12(2)15(17(25)26)23-18(27)21(24-19(28)30-20(3,4)5)10-11-29-16(21)13-6-8-14(22)9-7-13/h6-9,12,15-16H,10-11H2,1-5H3,(H,23,27)(H,24,28)(H,25,26)/t15-,16-,21+/m0/s1. The SMILES string of the molecule is CC(C)[C@H](NC(=O)[C@@]1(NC(=O)OC(C)(C)C)CCO[C@H]1c1ccc(Br)cc1)C(=O)O. The molecule has 1 aliphatic rings. The highest BCUT2D eigenvalue weighted by molar-refractivity contribution is 9.10. The molecule has 1 aromatic carbocycles. The lowest BCUT2D eigenvalue weighted by Crippen LogP contribution is -2.63. The maximum Gasteiger partial charge on any atom is 0.408 e. The first-order valence-electron chi connectivity index (χ1n) is 9.78. The van der Waals surface area contributed by atoms with E-state index in [1.54, 1.807) is 58.9 Å². The van der Waals surface area contributed by atoms with Gasteiger partial charge in [0.15, 0.2) is 5.54 Å². The monoisotopic (exact) mass is 484 g/mol. The molecule has 0 aromatic heterocycles. The number of alkyl carbamates (subject to hydrolysis) is 1. The molecule has 2 rings (SSSR count). The van der Waals surface area contributed by atoms with Crippen LogP contribution in [0.5, 0.6) is 0 Å². The Labute approximate surface area is 184 Å². The third-order valence-corrected chi connectivity index (χ3v) is 5.28. The number of aliphatic carboxylic acids is 1. The Balaban J connectivity index is 2.43. The molecule has 3 atom stereocenters. The first kappa shape index (κ1) is 24.1. The summed E-state index contributed by atoms with van der Waals surface area (Å²) in [5, 5.41) is 14.8. The molecular formula is C21H29BrN2O6. The number of nitrogens with one attached hydrogen (secondary N) is 2. The molecule has 1 fully saturated rings. The van der Waals surface area contributed by atoms with Gasteiger partial charge in [-0.1, -0.05) is 41.9 Å². The molecule has 3 N–H and O–H groups in total. The van der Waals surface area contributed by atoms with Gasteiger partial charge < -0.3 is 25.2 Å². The van der Waals surface area contributed by atoms with Crippen molar-refractivity contribution in [2.24, 2.45) is 5.92 Å². The van der Waals surface area contributed by atoms with E-state index in [1.807, 2.05) is 0 Å². The lowest BCUT2D eigenvalue weighted by molar-refractivity contribution is -0.145. The molecule has 166 valence electrons. The number of benzene rings is 1. The maximum absolute atomic E-state index is 13.4. The van der Waals surface area contributed by atoms with Crippen molar-refractivity contribution in [1.29, 1.82) is 0 Å². The molecule has 0 aliphatic carbocycles. The number of carboxylic acid groups (broad SMARTS) is 1. The molecule has 1 saturated heterocycles. The van der Waals surface area contributed by atoms with Crippen LogP contribution in [0, 0.1) is 5.92 Å². The zero-order chi connectivity index (χ0) is 22.7. The largest absolute Gasteiger partial charge is 0.480 e. The summed E-state index contributed by atoms with van der Waals surface area (Å²) >= 11 is 3.37. The van der Waals surface area contributed by atoms with Crippen molar-refractivity contribution in [2.75, 3.05) is 6.61 Å². The van der Waals surface area contributed by atoms with Gasteiger partial charge in [0, 0.05) is 10.9 Å². The number of ether oxygens (including phenoxy) is 2. The Hall–Kier alpha value is -2.13. The fourth-order valence-electron chi connectivity index (χ4n) is 3.32. The molecule has 2 amide bonds. The second-order valence-electron chi connectivity index (χ2n) is 8.68. The number of carbonyl (C=O) groups is 3. The van der Waals surface area contributed by atoms with Gasteiger partial charge in [-0.15, -0.1) is 0 Å². The van der Waals surface area contributed by atoms with E-state index in [-0.39, 0.29) is 18.9 Å². The predicted octanol–water partition coefficient (Wildman–Crippen LogP) is 3.40. The van der Waals surface area contributed by atoms with E-state index in [0.717, 1.165) is 4.47 Å². The molecule has 0 spiro atoms. The van der Waals surface area contributed by atoms with Crippen LogP contribution in [0.2, 0.25) is 0 Å². The van der Waals surface area contributed by atoms with Gasteiger partial charge in [-0.3, -0.25) is 4.79 Å². The van der Waals surface area contributed by atoms with Crippen molar-refractivity contribution in [3.63, 3.8) is 0 Å². The van der Waals surface area contributed by atoms with Gasteiger partial charge in [-0.05, 0) is 44.4 Å². The second kappa shape index (κ2) is 9.34. The molecule has 0 bridgehead atoms. The zero-order valence-corrected chi connectivity index (χ0v) is 19.4. The van der Waals surface area contributed by atoms with Gasteiger partial charge in [-0.2, -0.15) is 0 Å². The van der Waals surface area contributed by atoms with Crippen LogP contribution in [0.1, 0.15) is 52.7 Å². The van der Waals surface area contributed by atoms with Gasteiger partial charge in [0.05, 0.1) is 6.61 Å². The molecule has 1 heterocycles. The Bertz CT molecular complexity index is 790. The van der Waals surface area contributed by atoms with Crippen LogP contribution in [0.25, 0.3) is 0 Å². The average molecular weight is 485 g/mol. The number of hydrogen-bond donors (Lipinski definition) is 3. The Kier molecular flexibility index (Phi) is 7.52. The van der Waals surface area contributed by atoms with E-state index in [0.29, 0.717) is 5.56 Å². The number of hydrogen-bond acceptors (Lipinski definition) is 5. The van der Waals surface area contributed by atoms with E-state index in [1.165, 1.54) is 0 Å². The zero-order valence-electron chi connectivity index (χ0n) is 17.8. The molecule has 9 heteroatoms. The topological polar surface area (TPSA) is 114 Å². The van der Waals surface area contributed by atoms with E-state index in [9.17, 15) is 19.5 Å². The number of halogens is 1. The molecule has 0 radical (unpaired) electrons. The van der Waals surface area contributed by atoms with Gasteiger partial charge in [0.2, 0.25) is 5.91 Å². The van der Waals surface area contributed by atoms with E-state index < -0.39 is 41.3 Å². The normalized spacial score (nSPS) is 22.4. The number of carboxylic acids is 1. The van der Waals surface area contributed by atoms with Crippen LogP contribution in [0.4, 0.5) is 4.79 Å². The molecule has 0 unspecified atom stereocenters. The minimum absolute atomic E-state index is 0.170. The smallest absolute Gasteiger partial charge is 0.408 e. The first-order valence-corrected chi connectivity index (χ1v) is 10.6. The van der Waals surface area contributed by atoms with Crippen molar-refractivity contribution in [1.82, 2.24) is 10.6 Å². The van der Waals surface area contributed by atoms with Gasteiger partial charge in [0.1, 0.15) is 17.7 Å². The average Bonchev–Trinajstić information content (AvgIpc) is 3.02. The lowest BCUT2D eigenvalue weighted by atomic mass is 9.85. The van der Waals surface area contributed by atoms with Gasteiger partial charge >= 0.3 is 12.1 Å². The second-order valence-corrected chi connectivity index (χ2v) is 9.60. The van der Waals surface area contributed by atoms with E-state index in [4.69, 9.17) is 9.47 Å². The molecule has 1 aromatic rings. The summed E-state index contributed by atoms with van der Waals surface area (Å²) < 4.78 is 12.1. The summed E-state index contributed by atoms with van der Waals surface area (Å²) in [5.74, 6) is -2.12. The predicted molar refractivity (Wildman–Crippen MR) is 114 cm³/mol. The minimum Gasteiger partial charge on any atom is -0.480 e. The maximum atomic E-state index is 13.4. The summed E-state index contributed by atoms with van der Waals surface area (Å²) in [5.41, 5.74) is -1.60. The first-order chi connectivity index (χ1) is 13.9. The number of rotatable bonds is 6. The highest BCUT2D eigenvalue weighted by Gasteiger charge is 2.53. The van der Waals surface area contributed by atoms with Gasteiger partial charge in [-0.25, -0.2) is 9.59 Å². The number of amides is 2. The van der Waals surface area contributed by atoms with Crippen molar-refractivity contribution < 1.29 is 29.0 Å². The van der Waals surface area contributed by atoms with Crippen molar-refractivity contribution in [2.45, 2.75) is 64.3 Å². The Morgan fingerprint density at radius 3 is 2.33 bits per heavy atom. The number of carbonyl (C=O) groups excluding carboxylic acids is 2. The highest BCUT2D eigenvalue weighted by atomic mass is 79.9. The molecule has 8 nitrogen and oxygen atoms in total. The van der Waals surface area contributed by atoms with Crippen molar-refractivity contribution in [3.8, 4) is 0 Å².